The Hall–Kier alpha value is -2.69. The third kappa shape index (κ3) is 1.03. The maximum atomic E-state index is 5.91. The number of hydrogen-bond donors (Lipinski definition) is 0. The summed E-state index contributed by atoms with van der Waals surface area (Å²) < 4.78 is 10.1. The fourth-order valence-corrected chi connectivity index (χ4v) is 2.77. The van der Waals surface area contributed by atoms with Crippen LogP contribution in [0.25, 0.3) is 28.5 Å². The maximum absolute atomic E-state index is 5.91. The van der Waals surface area contributed by atoms with E-state index in [-0.39, 0.29) is 0 Å². The molecule has 5 heteroatoms. The van der Waals surface area contributed by atoms with E-state index in [0.29, 0.717) is 5.71 Å². The lowest BCUT2D eigenvalue weighted by Crippen LogP contribution is -2.31. The van der Waals surface area contributed by atoms with Crippen LogP contribution in [0.3, 0.4) is 0 Å². The summed E-state index contributed by atoms with van der Waals surface area (Å²) in [4.78, 5) is 8.91. The first-order valence-electron chi connectivity index (χ1n) is 6.15. The summed E-state index contributed by atoms with van der Waals surface area (Å²) in [6, 6.07) is 9.91. The topological polar surface area (TPSA) is 47.2 Å². The zero-order chi connectivity index (χ0) is 12.4. The molecular formula is C14H9N4O+. The molecule has 0 saturated heterocycles. The Kier molecular flexibility index (Phi) is 1.46. The van der Waals surface area contributed by atoms with E-state index in [0.717, 1.165) is 35.0 Å². The van der Waals surface area contributed by atoms with Crippen LogP contribution < -0.4 is 4.57 Å². The lowest BCUT2D eigenvalue weighted by molar-refractivity contribution is -0.652. The van der Waals surface area contributed by atoms with Crippen molar-refractivity contribution >= 4 is 17.0 Å². The molecule has 5 rings (SSSR count). The summed E-state index contributed by atoms with van der Waals surface area (Å²) in [5.74, 6) is 0.846. The van der Waals surface area contributed by atoms with Crippen molar-refractivity contribution in [2.45, 2.75) is 6.54 Å². The molecule has 19 heavy (non-hydrogen) atoms. The molecule has 0 amide bonds. The summed E-state index contributed by atoms with van der Waals surface area (Å²) in [5.41, 5.74) is 4.67. The second-order valence-corrected chi connectivity index (χ2v) is 4.66. The maximum Gasteiger partial charge on any atom is 0.355 e. The summed E-state index contributed by atoms with van der Waals surface area (Å²) in [5, 5.41) is 0. The third-order valence-corrected chi connectivity index (χ3v) is 3.60. The van der Waals surface area contributed by atoms with Crippen molar-refractivity contribution in [3.05, 3.63) is 48.4 Å². The van der Waals surface area contributed by atoms with E-state index >= 15 is 0 Å². The molecular weight excluding hydrogens is 240 g/mol. The van der Waals surface area contributed by atoms with E-state index in [2.05, 4.69) is 14.5 Å². The molecule has 5 heterocycles. The fraction of sp³-hybridized carbons (Fsp3) is 0.0714. The SMILES string of the molecule is c1cnc2c(c1)-c1oc3nc4ccccn4c3[n+]1C2. The number of rotatable bonds is 0. The highest BCUT2D eigenvalue weighted by Crippen LogP contribution is 2.29. The van der Waals surface area contributed by atoms with E-state index in [1.54, 1.807) is 0 Å². The Morgan fingerprint density at radius 1 is 1.21 bits per heavy atom. The van der Waals surface area contributed by atoms with Crippen molar-refractivity contribution < 1.29 is 8.98 Å². The highest BCUT2D eigenvalue weighted by molar-refractivity contribution is 5.72. The number of fused-ring (bicyclic) bond motifs is 7. The summed E-state index contributed by atoms with van der Waals surface area (Å²) in [7, 11) is 0. The van der Waals surface area contributed by atoms with Gasteiger partial charge >= 0.3 is 17.3 Å². The van der Waals surface area contributed by atoms with Gasteiger partial charge in [0.15, 0.2) is 0 Å². The second-order valence-electron chi connectivity index (χ2n) is 4.66. The third-order valence-electron chi connectivity index (χ3n) is 3.60. The Labute approximate surface area is 107 Å². The summed E-state index contributed by atoms with van der Waals surface area (Å²) in [6.45, 7) is 0.737. The molecule has 1 aliphatic rings. The van der Waals surface area contributed by atoms with Gasteiger partial charge in [0.2, 0.25) is 5.65 Å². The fourth-order valence-electron chi connectivity index (χ4n) is 2.77. The Bertz CT molecular complexity index is 951. The molecule has 0 bridgehead atoms. The van der Waals surface area contributed by atoms with Crippen LogP contribution in [-0.4, -0.2) is 14.4 Å². The van der Waals surface area contributed by atoms with E-state index in [9.17, 15) is 0 Å². The number of nitrogens with zero attached hydrogens (tertiary/aromatic N) is 4. The molecule has 0 spiro atoms. The number of hydrogen-bond acceptors (Lipinski definition) is 3. The van der Waals surface area contributed by atoms with Gasteiger partial charge in [0.05, 0.1) is 17.5 Å². The van der Waals surface area contributed by atoms with Gasteiger partial charge < -0.3 is 4.42 Å². The van der Waals surface area contributed by atoms with Gasteiger partial charge in [0.1, 0.15) is 6.54 Å². The summed E-state index contributed by atoms with van der Waals surface area (Å²) >= 11 is 0. The van der Waals surface area contributed by atoms with Gasteiger partial charge in [0, 0.05) is 12.3 Å². The lowest BCUT2D eigenvalue weighted by atomic mass is 10.2. The van der Waals surface area contributed by atoms with E-state index in [1.165, 1.54) is 0 Å². The Morgan fingerprint density at radius 3 is 3.21 bits per heavy atom. The predicted octanol–water partition coefficient (Wildman–Crippen LogP) is 1.79. The van der Waals surface area contributed by atoms with Crippen molar-refractivity contribution in [3.8, 4) is 11.5 Å². The van der Waals surface area contributed by atoms with Gasteiger partial charge in [-0.1, -0.05) is 6.07 Å². The highest BCUT2D eigenvalue weighted by Gasteiger charge is 2.34. The highest BCUT2D eigenvalue weighted by atomic mass is 16.4. The second kappa shape index (κ2) is 3.00. The van der Waals surface area contributed by atoms with Crippen molar-refractivity contribution in [2.75, 3.05) is 0 Å². The Morgan fingerprint density at radius 2 is 2.21 bits per heavy atom. The lowest BCUT2D eigenvalue weighted by Gasteiger charge is -1.90. The molecule has 1 aliphatic heterocycles. The molecule has 0 fully saturated rings. The molecule has 0 saturated carbocycles. The average molecular weight is 249 g/mol. The van der Waals surface area contributed by atoms with Crippen molar-refractivity contribution in [3.63, 3.8) is 0 Å². The Balaban J connectivity index is 1.94. The van der Waals surface area contributed by atoms with Gasteiger partial charge in [-0.2, -0.15) is 14.0 Å². The summed E-state index contributed by atoms with van der Waals surface area (Å²) in [6.07, 6.45) is 3.82. The number of pyridine rings is 2. The van der Waals surface area contributed by atoms with Crippen LogP contribution in [0.2, 0.25) is 0 Å². The first kappa shape index (κ1) is 9.27. The smallest absolute Gasteiger partial charge is 0.355 e. The van der Waals surface area contributed by atoms with Crippen LogP contribution >= 0.6 is 0 Å². The molecule has 0 aromatic carbocycles. The van der Waals surface area contributed by atoms with Gasteiger partial charge in [0.25, 0.3) is 0 Å². The standard InChI is InChI=1S/C14H9N4O/c1-2-7-17-11(5-1)16-12-13(17)18-8-10-9(14(18)19-12)4-3-6-15-10/h1-7H,8H2/q+1. The molecule has 0 atom stereocenters. The van der Waals surface area contributed by atoms with Crippen LogP contribution in [0.1, 0.15) is 5.69 Å². The monoisotopic (exact) mass is 249 g/mol. The van der Waals surface area contributed by atoms with Crippen LogP contribution in [-0.2, 0) is 6.54 Å². The van der Waals surface area contributed by atoms with Gasteiger partial charge in [-0.3, -0.25) is 4.98 Å². The zero-order valence-corrected chi connectivity index (χ0v) is 9.95. The van der Waals surface area contributed by atoms with E-state index < -0.39 is 0 Å². The molecule has 0 N–H and O–H groups in total. The van der Waals surface area contributed by atoms with E-state index in [4.69, 9.17) is 4.42 Å². The van der Waals surface area contributed by atoms with Crippen LogP contribution in [0.5, 0.6) is 0 Å². The van der Waals surface area contributed by atoms with Gasteiger partial charge in [-0.25, -0.2) is 0 Å². The van der Waals surface area contributed by atoms with Crippen LogP contribution in [0.15, 0.2) is 47.1 Å². The number of oxazole rings is 1. The average Bonchev–Trinajstić information content (AvgIpc) is 3.05. The molecule has 5 nitrogen and oxygen atoms in total. The van der Waals surface area contributed by atoms with E-state index in [1.807, 2.05) is 47.1 Å². The van der Waals surface area contributed by atoms with Crippen molar-refractivity contribution in [1.29, 1.82) is 0 Å². The predicted molar refractivity (Wildman–Crippen MR) is 67.5 cm³/mol. The first-order chi connectivity index (χ1) is 9.42. The van der Waals surface area contributed by atoms with Gasteiger partial charge in [-0.05, 0) is 18.2 Å². The number of aromatic nitrogens is 4. The molecule has 90 valence electrons. The molecule has 0 aliphatic carbocycles. The minimum atomic E-state index is 0.677. The zero-order valence-electron chi connectivity index (χ0n) is 9.95. The first-order valence-corrected chi connectivity index (χ1v) is 6.15. The van der Waals surface area contributed by atoms with Crippen LogP contribution in [0, 0.1) is 0 Å². The largest absolute Gasteiger partial charge is 0.395 e. The van der Waals surface area contributed by atoms with Crippen molar-refractivity contribution in [1.82, 2.24) is 14.4 Å². The minimum absolute atomic E-state index is 0.677. The van der Waals surface area contributed by atoms with Crippen LogP contribution in [0.4, 0.5) is 0 Å². The molecule has 0 unspecified atom stereocenters. The quantitative estimate of drug-likeness (QED) is 0.393. The number of imidazole rings is 1. The molecule has 4 aromatic rings. The van der Waals surface area contributed by atoms with Crippen molar-refractivity contribution in [2.24, 2.45) is 0 Å². The normalized spacial score (nSPS) is 13.1. The minimum Gasteiger partial charge on any atom is -0.395 e. The molecule has 4 aromatic heterocycles. The molecule has 0 radical (unpaired) electrons. The van der Waals surface area contributed by atoms with Gasteiger partial charge in [-0.15, -0.1) is 0 Å².